The van der Waals surface area contributed by atoms with Crippen molar-refractivity contribution in [3.8, 4) is 5.75 Å². The van der Waals surface area contributed by atoms with Gasteiger partial charge in [-0.1, -0.05) is 49.1 Å². The van der Waals surface area contributed by atoms with E-state index in [1.165, 1.54) is 0 Å². The van der Waals surface area contributed by atoms with Crippen LogP contribution in [0.15, 0.2) is 66.8 Å². The highest BCUT2D eigenvalue weighted by Gasteiger charge is 2.32. The van der Waals surface area contributed by atoms with E-state index < -0.39 is 0 Å². The van der Waals surface area contributed by atoms with Gasteiger partial charge in [-0.15, -0.1) is 0 Å². The second-order valence-corrected chi connectivity index (χ2v) is 4.93. The lowest BCUT2D eigenvalue weighted by atomic mass is 10.1. The molecule has 0 heterocycles. The molecule has 0 bridgehead atoms. The van der Waals surface area contributed by atoms with Crippen LogP contribution < -0.4 is 4.74 Å². The van der Waals surface area contributed by atoms with Gasteiger partial charge in [0.15, 0.2) is 11.6 Å². The van der Waals surface area contributed by atoms with Crippen molar-refractivity contribution in [1.29, 1.82) is 0 Å². The summed E-state index contributed by atoms with van der Waals surface area (Å²) in [7, 11) is 0. The summed E-state index contributed by atoms with van der Waals surface area (Å²) in [6.45, 7) is 4.03. The monoisotopic (exact) mass is 290 g/mol. The fourth-order valence-electron chi connectivity index (χ4n) is 2.39. The van der Waals surface area contributed by atoms with Gasteiger partial charge in [0, 0.05) is 11.1 Å². The van der Waals surface area contributed by atoms with Gasteiger partial charge in [-0.05, 0) is 23.8 Å². The number of benzene rings is 2. The van der Waals surface area contributed by atoms with Gasteiger partial charge in [0.05, 0.1) is 5.57 Å². The lowest BCUT2D eigenvalue weighted by Gasteiger charge is -2.03. The summed E-state index contributed by atoms with van der Waals surface area (Å²) in [5.41, 5.74) is 1.95. The molecule has 22 heavy (non-hydrogen) atoms. The highest BCUT2D eigenvalue weighted by atomic mass is 16.5. The van der Waals surface area contributed by atoms with E-state index in [2.05, 4.69) is 6.58 Å². The molecule has 1 aliphatic rings. The predicted molar refractivity (Wildman–Crippen MR) is 85.2 cm³/mol. The first kappa shape index (κ1) is 14.0. The van der Waals surface area contributed by atoms with Crippen molar-refractivity contribution in [2.45, 2.75) is 0 Å². The highest BCUT2D eigenvalue weighted by molar-refractivity contribution is 6.41. The minimum absolute atomic E-state index is 0.209. The molecule has 0 amide bonds. The van der Waals surface area contributed by atoms with Gasteiger partial charge in [0.2, 0.25) is 0 Å². The van der Waals surface area contributed by atoms with Crippen LogP contribution in [-0.2, 0) is 0 Å². The van der Waals surface area contributed by atoms with Crippen LogP contribution in [0.25, 0.3) is 6.08 Å². The van der Waals surface area contributed by atoms with Crippen LogP contribution in [0, 0.1) is 0 Å². The molecule has 0 saturated heterocycles. The van der Waals surface area contributed by atoms with Gasteiger partial charge in [-0.2, -0.15) is 0 Å². The molecule has 3 nitrogen and oxygen atoms in total. The molecule has 0 atom stereocenters. The summed E-state index contributed by atoms with van der Waals surface area (Å²) in [6, 6.07) is 14.1. The molecule has 0 aliphatic heterocycles. The van der Waals surface area contributed by atoms with Crippen LogP contribution in [0.4, 0.5) is 0 Å². The molecule has 2 aromatic carbocycles. The van der Waals surface area contributed by atoms with E-state index in [0.717, 1.165) is 11.3 Å². The Morgan fingerprint density at radius 1 is 0.909 bits per heavy atom. The molecule has 3 heteroatoms. The van der Waals surface area contributed by atoms with Gasteiger partial charge < -0.3 is 4.74 Å². The summed E-state index contributed by atoms with van der Waals surface area (Å²) in [5, 5.41) is 0. The summed E-state index contributed by atoms with van der Waals surface area (Å²) in [6.07, 6.45) is 3.30. The van der Waals surface area contributed by atoms with Crippen LogP contribution in [0.1, 0.15) is 26.3 Å². The number of hydrogen-bond donors (Lipinski definition) is 0. The molecule has 0 saturated carbocycles. The van der Waals surface area contributed by atoms with Gasteiger partial charge in [-0.3, -0.25) is 9.59 Å². The summed E-state index contributed by atoms with van der Waals surface area (Å²) >= 11 is 0. The second kappa shape index (κ2) is 5.82. The minimum atomic E-state index is -0.215. The number of ether oxygens (including phenoxy) is 1. The zero-order valence-corrected chi connectivity index (χ0v) is 11.9. The Balaban J connectivity index is 1.89. The third-order valence-corrected chi connectivity index (χ3v) is 3.46. The van der Waals surface area contributed by atoms with Gasteiger partial charge in [0.1, 0.15) is 12.4 Å². The molecule has 0 radical (unpaired) electrons. The van der Waals surface area contributed by atoms with Crippen molar-refractivity contribution >= 4 is 17.6 Å². The predicted octanol–water partition coefficient (Wildman–Crippen LogP) is 3.71. The van der Waals surface area contributed by atoms with Crippen LogP contribution in [0.2, 0.25) is 0 Å². The molecular weight excluding hydrogens is 276 g/mol. The lowest BCUT2D eigenvalue weighted by molar-refractivity contribution is 0.0990. The minimum Gasteiger partial charge on any atom is -0.490 e. The summed E-state index contributed by atoms with van der Waals surface area (Å²) < 4.78 is 5.40. The van der Waals surface area contributed by atoms with Gasteiger partial charge in [0.25, 0.3) is 0 Å². The van der Waals surface area contributed by atoms with E-state index in [1.54, 1.807) is 48.6 Å². The molecular formula is C19H14O3. The Kier molecular flexibility index (Phi) is 3.71. The number of ketones is 2. The van der Waals surface area contributed by atoms with E-state index in [1.807, 2.05) is 12.1 Å². The van der Waals surface area contributed by atoms with E-state index in [-0.39, 0.29) is 17.1 Å². The fraction of sp³-hybridized carbons (Fsp3) is 0.0526. The Morgan fingerprint density at radius 3 is 2.05 bits per heavy atom. The zero-order valence-electron chi connectivity index (χ0n) is 11.9. The summed E-state index contributed by atoms with van der Waals surface area (Å²) in [4.78, 5) is 24.6. The van der Waals surface area contributed by atoms with Gasteiger partial charge >= 0.3 is 0 Å². The highest BCUT2D eigenvalue weighted by Crippen LogP contribution is 2.27. The lowest BCUT2D eigenvalue weighted by Crippen LogP contribution is -2.00. The first-order chi connectivity index (χ1) is 10.7. The second-order valence-electron chi connectivity index (χ2n) is 4.93. The van der Waals surface area contributed by atoms with E-state index in [4.69, 9.17) is 4.74 Å². The Bertz CT molecular complexity index is 746. The number of Topliss-reactive ketones (excluding diaryl/α,β-unsaturated/α-hetero) is 2. The molecule has 3 rings (SSSR count). The smallest absolute Gasteiger partial charge is 0.197 e. The molecule has 0 fully saturated rings. The average Bonchev–Trinajstić information content (AvgIpc) is 2.80. The van der Waals surface area contributed by atoms with Gasteiger partial charge in [-0.25, -0.2) is 0 Å². The molecule has 2 aromatic rings. The average molecular weight is 290 g/mol. The first-order valence-electron chi connectivity index (χ1n) is 6.94. The Morgan fingerprint density at radius 2 is 1.50 bits per heavy atom. The maximum Gasteiger partial charge on any atom is 0.197 e. The molecule has 0 unspecified atom stereocenters. The van der Waals surface area contributed by atoms with Crippen molar-refractivity contribution in [3.05, 3.63) is 83.4 Å². The van der Waals surface area contributed by atoms with Crippen molar-refractivity contribution in [3.63, 3.8) is 0 Å². The normalized spacial score (nSPS) is 13.0. The Labute approximate surface area is 128 Å². The first-order valence-corrected chi connectivity index (χ1v) is 6.94. The third kappa shape index (κ3) is 2.49. The number of carbonyl (C=O) groups excluding carboxylic acids is 2. The molecule has 1 aliphatic carbocycles. The van der Waals surface area contributed by atoms with E-state index in [0.29, 0.717) is 17.7 Å². The quantitative estimate of drug-likeness (QED) is 0.490. The molecule has 0 aromatic heterocycles. The van der Waals surface area contributed by atoms with Crippen LogP contribution in [-0.4, -0.2) is 18.2 Å². The summed E-state index contributed by atoms with van der Waals surface area (Å²) in [5.74, 6) is 0.287. The Hall–Kier alpha value is -2.94. The van der Waals surface area contributed by atoms with E-state index >= 15 is 0 Å². The number of rotatable bonds is 4. The largest absolute Gasteiger partial charge is 0.490 e. The fourth-order valence-corrected chi connectivity index (χ4v) is 2.39. The number of fused-ring (bicyclic) bond motifs is 1. The number of carbonyl (C=O) groups is 2. The van der Waals surface area contributed by atoms with Crippen molar-refractivity contribution in [1.82, 2.24) is 0 Å². The van der Waals surface area contributed by atoms with E-state index in [9.17, 15) is 9.59 Å². The SMILES string of the molecule is C=CCOc1ccc(C=C2C(=O)c3ccccc3C2=O)cc1. The standard InChI is InChI=1S/C19H14O3/c1-2-11-22-14-9-7-13(8-10-14)12-17-18(20)15-5-3-4-6-16(15)19(17)21/h2-10,12H,1,11H2. The molecule has 0 N–H and O–H groups in total. The number of allylic oxidation sites excluding steroid dienone is 1. The molecule has 108 valence electrons. The van der Waals surface area contributed by atoms with Crippen LogP contribution in [0.5, 0.6) is 5.75 Å². The van der Waals surface area contributed by atoms with Crippen LogP contribution >= 0.6 is 0 Å². The topological polar surface area (TPSA) is 43.4 Å². The maximum absolute atomic E-state index is 12.3. The van der Waals surface area contributed by atoms with Crippen molar-refractivity contribution < 1.29 is 14.3 Å². The van der Waals surface area contributed by atoms with Crippen molar-refractivity contribution in [2.24, 2.45) is 0 Å². The number of hydrogen-bond acceptors (Lipinski definition) is 3. The maximum atomic E-state index is 12.3. The zero-order chi connectivity index (χ0) is 15.5. The third-order valence-electron chi connectivity index (χ3n) is 3.46. The van der Waals surface area contributed by atoms with Crippen LogP contribution in [0.3, 0.4) is 0 Å². The molecule has 0 spiro atoms. The van der Waals surface area contributed by atoms with Crippen molar-refractivity contribution in [2.75, 3.05) is 6.61 Å².